The molecule has 2 unspecified atom stereocenters. The normalized spacial score (nSPS) is 21.7. The Morgan fingerprint density at radius 2 is 1.90 bits per heavy atom. The van der Waals surface area contributed by atoms with Crippen LogP contribution in [0.5, 0.6) is 10.9 Å². The van der Waals surface area contributed by atoms with Gasteiger partial charge in [0, 0.05) is 32.7 Å². The van der Waals surface area contributed by atoms with Crippen LogP contribution >= 0.6 is 11.3 Å². The fourth-order valence-electron chi connectivity index (χ4n) is 4.64. The molecule has 0 radical (unpaired) electrons. The van der Waals surface area contributed by atoms with Gasteiger partial charge < -0.3 is 14.7 Å². The number of benzene rings is 2. The van der Waals surface area contributed by atoms with Crippen LogP contribution in [0.4, 0.5) is 0 Å². The Kier molecular flexibility index (Phi) is 5.41. The van der Waals surface area contributed by atoms with Crippen molar-refractivity contribution in [2.24, 2.45) is 11.8 Å². The van der Waals surface area contributed by atoms with Gasteiger partial charge in [0.15, 0.2) is 0 Å². The van der Waals surface area contributed by atoms with E-state index in [9.17, 15) is 4.79 Å². The number of amides is 1. The van der Waals surface area contributed by atoms with Crippen molar-refractivity contribution in [3.63, 3.8) is 0 Å². The van der Waals surface area contributed by atoms with Crippen molar-refractivity contribution in [1.29, 1.82) is 0 Å². The highest BCUT2D eigenvalue weighted by molar-refractivity contribution is 7.20. The molecule has 0 saturated carbocycles. The number of piperidine rings is 1. The van der Waals surface area contributed by atoms with Gasteiger partial charge in [-0.15, -0.1) is 0 Å². The van der Waals surface area contributed by atoms with E-state index >= 15 is 0 Å². The molecule has 2 aliphatic heterocycles. The number of aliphatic hydroxyl groups excluding tert-OH is 1. The molecule has 3 aromatic rings. The van der Waals surface area contributed by atoms with Crippen LogP contribution in [0.1, 0.15) is 12.0 Å². The Morgan fingerprint density at radius 1 is 1.10 bits per heavy atom. The summed E-state index contributed by atoms with van der Waals surface area (Å²) in [6.45, 7) is 4.15. The van der Waals surface area contributed by atoms with Crippen molar-refractivity contribution >= 4 is 27.5 Å². The van der Waals surface area contributed by atoms with E-state index in [2.05, 4.69) is 28.1 Å². The molecule has 2 saturated heterocycles. The number of fused-ring (bicyclic) bond motifs is 2. The number of ether oxygens (including phenoxy) is 1. The minimum atomic E-state index is -0.382. The van der Waals surface area contributed by atoms with Gasteiger partial charge in [0.05, 0.1) is 10.2 Å². The number of rotatable bonds is 5. The molecular weight excluding hydrogens is 398 g/mol. The zero-order valence-corrected chi connectivity index (χ0v) is 17.6. The molecule has 30 heavy (non-hydrogen) atoms. The van der Waals surface area contributed by atoms with E-state index in [0.717, 1.165) is 55.1 Å². The average molecular weight is 424 g/mol. The number of thiazole rings is 1. The Balaban J connectivity index is 1.18. The van der Waals surface area contributed by atoms with Gasteiger partial charge >= 0.3 is 0 Å². The highest BCUT2D eigenvalue weighted by Crippen LogP contribution is 2.33. The van der Waals surface area contributed by atoms with Crippen LogP contribution in [0.3, 0.4) is 0 Å². The summed E-state index contributed by atoms with van der Waals surface area (Å²) in [5, 5.41) is 9.77. The number of hydrogen-bond donors (Lipinski definition) is 1. The smallest absolute Gasteiger partial charge is 0.279 e. The maximum atomic E-state index is 11.8. The predicted molar refractivity (Wildman–Crippen MR) is 117 cm³/mol. The molecule has 5 rings (SSSR count). The summed E-state index contributed by atoms with van der Waals surface area (Å²) < 4.78 is 7.07. The van der Waals surface area contributed by atoms with Crippen LogP contribution in [0.15, 0.2) is 48.5 Å². The quantitative estimate of drug-likeness (QED) is 0.682. The van der Waals surface area contributed by atoms with Gasteiger partial charge in [-0.25, -0.2) is 4.98 Å². The molecule has 156 valence electrons. The van der Waals surface area contributed by atoms with Crippen molar-refractivity contribution in [2.75, 3.05) is 32.8 Å². The highest BCUT2D eigenvalue weighted by atomic mass is 32.1. The predicted octanol–water partition coefficient (Wildman–Crippen LogP) is 3.36. The number of hydrogen-bond acceptors (Lipinski definition) is 6. The molecule has 1 amide bonds. The second kappa shape index (κ2) is 8.34. The van der Waals surface area contributed by atoms with E-state index < -0.39 is 0 Å². The maximum Gasteiger partial charge on any atom is 0.279 e. The van der Waals surface area contributed by atoms with Gasteiger partial charge in [0.2, 0.25) is 5.91 Å². The van der Waals surface area contributed by atoms with Gasteiger partial charge in [-0.1, -0.05) is 35.6 Å². The average Bonchev–Trinajstić information content (AvgIpc) is 3.36. The SMILES string of the molecule is O=C(CO)N1CCC2CN(Cc3ccc(Oc4nc5ccccc5s4)cc3)CC2C1. The van der Waals surface area contributed by atoms with Crippen LogP contribution in [0, 0.1) is 11.8 Å². The van der Waals surface area contributed by atoms with Crippen LogP contribution < -0.4 is 4.74 Å². The summed E-state index contributed by atoms with van der Waals surface area (Å²) in [6, 6.07) is 16.3. The monoisotopic (exact) mass is 423 g/mol. The first-order valence-corrected chi connectivity index (χ1v) is 11.2. The molecule has 0 spiro atoms. The van der Waals surface area contributed by atoms with Crippen LogP contribution in [-0.2, 0) is 11.3 Å². The molecule has 2 atom stereocenters. The standard InChI is InChI=1S/C23H25N3O3S/c27-15-22(28)26-10-9-17-12-25(13-18(17)14-26)11-16-5-7-19(8-6-16)29-23-24-20-3-1-2-4-21(20)30-23/h1-8,17-18,27H,9-15H2. The Labute approximate surface area is 179 Å². The van der Waals surface area contributed by atoms with E-state index in [1.54, 1.807) is 11.3 Å². The first-order chi connectivity index (χ1) is 14.7. The molecule has 2 fully saturated rings. The van der Waals surface area contributed by atoms with E-state index in [0.29, 0.717) is 17.0 Å². The van der Waals surface area contributed by atoms with Gasteiger partial charge in [0.1, 0.15) is 12.4 Å². The Bertz CT molecular complexity index is 1000. The summed E-state index contributed by atoms with van der Waals surface area (Å²) >= 11 is 1.55. The number of nitrogens with zero attached hydrogens (tertiary/aromatic N) is 3. The summed E-state index contributed by atoms with van der Waals surface area (Å²) in [5.41, 5.74) is 2.22. The van der Waals surface area contributed by atoms with E-state index in [1.807, 2.05) is 35.2 Å². The molecule has 2 aliphatic rings. The first-order valence-electron chi connectivity index (χ1n) is 10.4. The van der Waals surface area contributed by atoms with Crippen molar-refractivity contribution < 1.29 is 14.6 Å². The molecule has 7 heteroatoms. The molecule has 2 aromatic carbocycles. The molecule has 3 heterocycles. The van der Waals surface area contributed by atoms with E-state index in [-0.39, 0.29) is 12.5 Å². The second-order valence-electron chi connectivity index (χ2n) is 8.19. The van der Waals surface area contributed by atoms with Crippen molar-refractivity contribution in [2.45, 2.75) is 13.0 Å². The van der Waals surface area contributed by atoms with E-state index in [4.69, 9.17) is 9.84 Å². The molecule has 6 nitrogen and oxygen atoms in total. The van der Waals surface area contributed by atoms with Crippen molar-refractivity contribution in [3.8, 4) is 10.9 Å². The lowest BCUT2D eigenvalue weighted by atomic mass is 9.89. The van der Waals surface area contributed by atoms with Crippen LogP contribution in [0.2, 0.25) is 0 Å². The van der Waals surface area contributed by atoms with Crippen molar-refractivity contribution in [3.05, 3.63) is 54.1 Å². The number of aromatic nitrogens is 1. The highest BCUT2D eigenvalue weighted by Gasteiger charge is 2.37. The van der Waals surface area contributed by atoms with Crippen molar-refractivity contribution in [1.82, 2.24) is 14.8 Å². The lowest BCUT2D eigenvalue weighted by Crippen LogP contribution is -2.44. The second-order valence-corrected chi connectivity index (χ2v) is 9.19. The van der Waals surface area contributed by atoms with Crippen LogP contribution in [0.25, 0.3) is 10.2 Å². The summed E-state index contributed by atoms with van der Waals surface area (Å²) in [6.07, 6.45) is 1.03. The molecule has 1 N–H and O–H groups in total. The topological polar surface area (TPSA) is 65.9 Å². The van der Waals surface area contributed by atoms with Gasteiger partial charge in [-0.2, -0.15) is 0 Å². The fraction of sp³-hybridized carbons (Fsp3) is 0.391. The maximum absolute atomic E-state index is 11.8. The number of likely N-dealkylation sites (tertiary alicyclic amines) is 2. The van der Waals surface area contributed by atoms with Gasteiger partial charge in [0.25, 0.3) is 5.19 Å². The minimum Gasteiger partial charge on any atom is -0.431 e. The summed E-state index contributed by atoms with van der Waals surface area (Å²) in [4.78, 5) is 20.6. The zero-order chi connectivity index (χ0) is 20.5. The van der Waals surface area contributed by atoms with Crippen LogP contribution in [-0.4, -0.2) is 58.6 Å². The van der Waals surface area contributed by atoms with E-state index in [1.165, 1.54) is 5.56 Å². The van der Waals surface area contributed by atoms with Gasteiger partial charge in [-0.05, 0) is 48.1 Å². The first kappa shape index (κ1) is 19.5. The number of carbonyl (C=O) groups excluding carboxylic acids is 1. The molecule has 1 aromatic heterocycles. The molecular formula is C23H25N3O3S. The molecule has 0 aliphatic carbocycles. The van der Waals surface area contributed by atoms with Gasteiger partial charge in [-0.3, -0.25) is 9.69 Å². The lowest BCUT2D eigenvalue weighted by molar-refractivity contribution is -0.136. The third kappa shape index (κ3) is 4.05. The Morgan fingerprint density at radius 3 is 2.70 bits per heavy atom. The number of para-hydroxylation sites is 1. The number of aliphatic hydroxyl groups is 1. The third-order valence-corrected chi connectivity index (χ3v) is 7.09. The lowest BCUT2D eigenvalue weighted by Gasteiger charge is -2.34. The summed E-state index contributed by atoms with van der Waals surface area (Å²) in [5.74, 6) is 1.81. The largest absolute Gasteiger partial charge is 0.431 e. The Hall–Kier alpha value is -2.48. The number of carbonyl (C=O) groups is 1. The fourth-order valence-corrected chi connectivity index (χ4v) is 5.47. The molecule has 0 bridgehead atoms. The minimum absolute atomic E-state index is 0.143. The summed E-state index contributed by atoms with van der Waals surface area (Å²) in [7, 11) is 0. The zero-order valence-electron chi connectivity index (χ0n) is 16.7. The third-order valence-electron chi connectivity index (χ3n) is 6.17.